The van der Waals surface area contributed by atoms with Crippen molar-refractivity contribution in [2.75, 3.05) is 26.2 Å². The van der Waals surface area contributed by atoms with E-state index >= 15 is 0 Å². The highest BCUT2D eigenvalue weighted by Gasteiger charge is 2.02. The average Bonchev–Trinajstić information content (AvgIpc) is 2.28. The second kappa shape index (κ2) is 7.30. The fraction of sp³-hybridized carbons (Fsp3) is 0.583. The molecule has 0 saturated heterocycles. The van der Waals surface area contributed by atoms with Gasteiger partial charge in [0.2, 0.25) is 5.95 Å². The Hall–Kier alpha value is -1.00. The van der Waals surface area contributed by atoms with Crippen molar-refractivity contribution in [1.29, 1.82) is 0 Å². The number of aromatic nitrogens is 1. The summed E-state index contributed by atoms with van der Waals surface area (Å²) in [6.07, 6.45) is 1.81. The minimum absolute atomic E-state index is 0.396. The van der Waals surface area contributed by atoms with Gasteiger partial charge in [0.1, 0.15) is 0 Å². The molecule has 90 valence electrons. The fourth-order valence-corrected chi connectivity index (χ4v) is 1.68. The monoisotopic (exact) mass is 225 g/mol. The number of nitrogens with zero attached hydrogens (tertiary/aromatic N) is 2. The zero-order valence-electron chi connectivity index (χ0n) is 9.82. The largest absolute Gasteiger partial charge is 0.329 e. The highest BCUT2D eigenvalue weighted by Crippen LogP contribution is 2.02. The SMILES string of the molecule is CCN(CCN)CCCc1cccc(F)n1. The number of halogens is 1. The molecule has 0 unspecified atom stereocenters. The van der Waals surface area contributed by atoms with Crippen molar-refractivity contribution in [3.8, 4) is 0 Å². The van der Waals surface area contributed by atoms with Crippen LogP contribution in [0.3, 0.4) is 0 Å². The number of pyridine rings is 1. The van der Waals surface area contributed by atoms with Crippen molar-refractivity contribution in [1.82, 2.24) is 9.88 Å². The maximum Gasteiger partial charge on any atom is 0.213 e. The highest BCUT2D eigenvalue weighted by atomic mass is 19.1. The molecule has 1 aromatic rings. The zero-order valence-corrected chi connectivity index (χ0v) is 9.82. The molecule has 0 aliphatic heterocycles. The van der Waals surface area contributed by atoms with Crippen LogP contribution in [0.25, 0.3) is 0 Å². The second-order valence-corrected chi connectivity index (χ2v) is 3.78. The summed E-state index contributed by atoms with van der Waals surface area (Å²) in [4.78, 5) is 6.12. The van der Waals surface area contributed by atoms with Gasteiger partial charge in [-0.15, -0.1) is 0 Å². The molecule has 0 radical (unpaired) electrons. The van der Waals surface area contributed by atoms with Crippen LogP contribution in [0.2, 0.25) is 0 Å². The molecule has 1 rings (SSSR count). The van der Waals surface area contributed by atoms with E-state index in [4.69, 9.17) is 5.73 Å². The normalized spacial score (nSPS) is 11.0. The Morgan fingerprint density at radius 1 is 1.38 bits per heavy atom. The third-order valence-electron chi connectivity index (χ3n) is 2.57. The van der Waals surface area contributed by atoms with Gasteiger partial charge in [-0.1, -0.05) is 13.0 Å². The Labute approximate surface area is 96.5 Å². The van der Waals surface area contributed by atoms with E-state index in [1.165, 1.54) is 6.07 Å². The first-order valence-electron chi connectivity index (χ1n) is 5.80. The van der Waals surface area contributed by atoms with Crippen LogP contribution in [0.15, 0.2) is 18.2 Å². The van der Waals surface area contributed by atoms with Gasteiger partial charge in [0, 0.05) is 18.8 Å². The van der Waals surface area contributed by atoms with E-state index < -0.39 is 5.95 Å². The lowest BCUT2D eigenvalue weighted by Crippen LogP contribution is -2.30. The lowest BCUT2D eigenvalue weighted by Gasteiger charge is -2.18. The Balaban J connectivity index is 2.29. The smallest absolute Gasteiger partial charge is 0.213 e. The van der Waals surface area contributed by atoms with Crippen molar-refractivity contribution < 1.29 is 4.39 Å². The molecule has 0 fully saturated rings. The van der Waals surface area contributed by atoms with Gasteiger partial charge in [-0.05, 0) is 38.1 Å². The van der Waals surface area contributed by atoms with E-state index in [1.54, 1.807) is 6.07 Å². The third-order valence-corrected chi connectivity index (χ3v) is 2.57. The highest BCUT2D eigenvalue weighted by molar-refractivity contribution is 5.04. The first-order valence-corrected chi connectivity index (χ1v) is 5.80. The van der Waals surface area contributed by atoms with Crippen LogP contribution in [0.5, 0.6) is 0 Å². The van der Waals surface area contributed by atoms with Crippen LogP contribution in [-0.2, 0) is 6.42 Å². The number of likely N-dealkylation sites (N-methyl/N-ethyl adjacent to an activating group) is 1. The Kier molecular flexibility index (Phi) is 5.96. The van der Waals surface area contributed by atoms with Gasteiger partial charge in [0.15, 0.2) is 0 Å². The van der Waals surface area contributed by atoms with Gasteiger partial charge in [-0.25, -0.2) is 4.98 Å². The summed E-state index contributed by atoms with van der Waals surface area (Å²) in [5.41, 5.74) is 6.33. The molecule has 2 N–H and O–H groups in total. The quantitative estimate of drug-likeness (QED) is 0.714. The predicted octanol–water partition coefficient (Wildman–Crippen LogP) is 1.43. The fourth-order valence-electron chi connectivity index (χ4n) is 1.68. The predicted molar refractivity (Wildman–Crippen MR) is 63.7 cm³/mol. The summed E-state index contributed by atoms with van der Waals surface area (Å²) in [7, 11) is 0. The molecule has 0 atom stereocenters. The molecule has 0 saturated carbocycles. The van der Waals surface area contributed by atoms with Crippen LogP contribution < -0.4 is 5.73 Å². The van der Waals surface area contributed by atoms with Gasteiger partial charge in [0.25, 0.3) is 0 Å². The van der Waals surface area contributed by atoms with Gasteiger partial charge in [0.05, 0.1) is 0 Å². The summed E-state index contributed by atoms with van der Waals surface area (Å²) >= 11 is 0. The van der Waals surface area contributed by atoms with E-state index in [0.29, 0.717) is 6.54 Å². The van der Waals surface area contributed by atoms with Crippen molar-refractivity contribution in [2.24, 2.45) is 5.73 Å². The molecule has 3 nitrogen and oxygen atoms in total. The van der Waals surface area contributed by atoms with Gasteiger partial charge < -0.3 is 10.6 Å². The molecule has 0 amide bonds. The molecule has 0 bridgehead atoms. The van der Waals surface area contributed by atoms with Crippen LogP contribution in [0, 0.1) is 5.95 Å². The second-order valence-electron chi connectivity index (χ2n) is 3.78. The lowest BCUT2D eigenvalue weighted by molar-refractivity contribution is 0.292. The minimum atomic E-state index is -0.396. The summed E-state index contributed by atoms with van der Waals surface area (Å²) in [5, 5.41) is 0. The van der Waals surface area contributed by atoms with E-state index in [1.807, 2.05) is 6.07 Å². The van der Waals surface area contributed by atoms with Crippen molar-refractivity contribution in [3.05, 3.63) is 29.8 Å². The van der Waals surface area contributed by atoms with E-state index in [2.05, 4.69) is 16.8 Å². The van der Waals surface area contributed by atoms with Crippen molar-refractivity contribution in [3.63, 3.8) is 0 Å². The molecule has 0 aliphatic carbocycles. The Morgan fingerprint density at radius 3 is 2.81 bits per heavy atom. The van der Waals surface area contributed by atoms with Crippen LogP contribution in [0.1, 0.15) is 19.0 Å². The Bertz CT molecular complexity index is 304. The van der Waals surface area contributed by atoms with E-state index in [9.17, 15) is 4.39 Å². The molecular weight excluding hydrogens is 205 g/mol. The van der Waals surface area contributed by atoms with Gasteiger partial charge in [-0.2, -0.15) is 4.39 Å². The summed E-state index contributed by atoms with van der Waals surface area (Å²) in [6, 6.07) is 4.94. The van der Waals surface area contributed by atoms with E-state index in [0.717, 1.165) is 38.2 Å². The third kappa shape index (κ3) is 4.68. The maximum absolute atomic E-state index is 12.8. The standard InChI is InChI=1S/C12H20FN3/c1-2-16(10-8-14)9-4-6-11-5-3-7-12(13)15-11/h3,5,7H,2,4,6,8-10,14H2,1H3. The summed E-state index contributed by atoms with van der Waals surface area (Å²) in [6.45, 7) is 5.73. The van der Waals surface area contributed by atoms with Gasteiger partial charge >= 0.3 is 0 Å². The first kappa shape index (κ1) is 13.1. The zero-order chi connectivity index (χ0) is 11.8. The molecule has 0 aliphatic rings. The first-order chi connectivity index (χ1) is 7.76. The lowest BCUT2D eigenvalue weighted by atomic mass is 10.2. The van der Waals surface area contributed by atoms with Crippen LogP contribution in [0.4, 0.5) is 4.39 Å². The minimum Gasteiger partial charge on any atom is -0.329 e. The molecular formula is C12H20FN3. The maximum atomic E-state index is 12.8. The Morgan fingerprint density at radius 2 is 2.19 bits per heavy atom. The van der Waals surface area contributed by atoms with Gasteiger partial charge in [-0.3, -0.25) is 0 Å². The van der Waals surface area contributed by atoms with E-state index in [-0.39, 0.29) is 0 Å². The number of hydrogen-bond donors (Lipinski definition) is 1. The topological polar surface area (TPSA) is 42.1 Å². The molecule has 0 spiro atoms. The summed E-state index contributed by atoms with van der Waals surface area (Å²) in [5.74, 6) is -0.396. The van der Waals surface area contributed by atoms with Crippen LogP contribution in [-0.4, -0.2) is 36.1 Å². The van der Waals surface area contributed by atoms with Crippen molar-refractivity contribution >= 4 is 0 Å². The average molecular weight is 225 g/mol. The number of rotatable bonds is 7. The molecule has 4 heteroatoms. The number of hydrogen-bond acceptors (Lipinski definition) is 3. The molecule has 1 heterocycles. The molecule has 0 aromatic carbocycles. The number of aryl methyl sites for hydroxylation is 1. The summed E-state index contributed by atoms with van der Waals surface area (Å²) < 4.78 is 12.8. The molecule has 16 heavy (non-hydrogen) atoms. The number of nitrogens with two attached hydrogens (primary N) is 1. The van der Waals surface area contributed by atoms with Crippen molar-refractivity contribution in [2.45, 2.75) is 19.8 Å². The molecule has 1 aromatic heterocycles. The van der Waals surface area contributed by atoms with Crippen LogP contribution >= 0.6 is 0 Å².